The molecule has 2 atom stereocenters. The van der Waals surface area contributed by atoms with Gasteiger partial charge in [-0.25, -0.2) is 0 Å². The molecule has 2 aliphatic rings. The summed E-state index contributed by atoms with van der Waals surface area (Å²) < 4.78 is 16.8. The first-order chi connectivity index (χ1) is 15.6. The number of aromatic nitrogens is 2. The summed E-state index contributed by atoms with van der Waals surface area (Å²) in [6.45, 7) is 3.33. The van der Waals surface area contributed by atoms with Crippen LogP contribution in [-0.4, -0.2) is 54.5 Å². The lowest BCUT2D eigenvalue weighted by atomic mass is 9.95. The minimum Gasteiger partial charge on any atom is -0.493 e. The van der Waals surface area contributed by atoms with Crippen LogP contribution in [0.2, 0.25) is 0 Å². The SMILES string of the molecule is COc1ccc(C2c3c(-c4ccc(C)cc4)n[nH]c3C(=O)N2CC2CCCO2)cc1OC. The van der Waals surface area contributed by atoms with Crippen molar-refractivity contribution in [2.45, 2.75) is 31.9 Å². The Bertz CT molecular complexity index is 1130. The number of hydrogen-bond donors (Lipinski definition) is 1. The number of H-pyrrole nitrogens is 1. The van der Waals surface area contributed by atoms with Gasteiger partial charge in [0.05, 0.1) is 32.1 Å². The average Bonchev–Trinajstić information content (AvgIpc) is 3.54. The van der Waals surface area contributed by atoms with Crippen LogP contribution in [0.4, 0.5) is 0 Å². The maximum absolute atomic E-state index is 13.5. The lowest BCUT2D eigenvalue weighted by molar-refractivity contribution is 0.0495. The fraction of sp³-hybridized carbons (Fsp3) is 0.360. The van der Waals surface area contributed by atoms with E-state index in [-0.39, 0.29) is 18.1 Å². The summed E-state index contributed by atoms with van der Waals surface area (Å²) in [5.74, 6) is 1.22. The molecule has 2 aromatic carbocycles. The molecule has 32 heavy (non-hydrogen) atoms. The summed E-state index contributed by atoms with van der Waals surface area (Å²) in [6, 6.07) is 13.7. The highest BCUT2D eigenvalue weighted by Crippen LogP contribution is 2.45. The van der Waals surface area contributed by atoms with Crippen LogP contribution < -0.4 is 9.47 Å². The Kier molecular flexibility index (Phi) is 5.35. The van der Waals surface area contributed by atoms with Crippen molar-refractivity contribution in [3.8, 4) is 22.8 Å². The number of fused-ring (bicyclic) bond motifs is 1. The molecule has 1 fully saturated rings. The van der Waals surface area contributed by atoms with Crippen molar-refractivity contribution >= 4 is 5.91 Å². The van der Waals surface area contributed by atoms with Crippen LogP contribution in [0, 0.1) is 6.92 Å². The molecule has 3 aromatic rings. The first-order valence-corrected chi connectivity index (χ1v) is 10.9. The van der Waals surface area contributed by atoms with Crippen molar-refractivity contribution in [3.63, 3.8) is 0 Å². The van der Waals surface area contributed by atoms with Gasteiger partial charge in [0.15, 0.2) is 11.5 Å². The van der Waals surface area contributed by atoms with Gasteiger partial charge < -0.3 is 19.1 Å². The zero-order chi connectivity index (χ0) is 22.2. The fourth-order valence-corrected chi connectivity index (χ4v) is 4.69. The fourth-order valence-electron chi connectivity index (χ4n) is 4.69. The third kappa shape index (κ3) is 3.42. The third-order valence-electron chi connectivity index (χ3n) is 6.34. The maximum Gasteiger partial charge on any atom is 0.273 e. The van der Waals surface area contributed by atoms with Gasteiger partial charge in [-0.2, -0.15) is 5.10 Å². The molecule has 1 aromatic heterocycles. The molecule has 1 saturated heterocycles. The molecule has 2 unspecified atom stereocenters. The van der Waals surface area contributed by atoms with Gasteiger partial charge in [-0.3, -0.25) is 9.89 Å². The highest BCUT2D eigenvalue weighted by molar-refractivity contribution is 6.00. The van der Waals surface area contributed by atoms with E-state index in [0.717, 1.165) is 41.8 Å². The van der Waals surface area contributed by atoms with Crippen molar-refractivity contribution in [2.75, 3.05) is 27.4 Å². The van der Waals surface area contributed by atoms with Gasteiger partial charge in [0.2, 0.25) is 0 Å². The summed E-state index contributed by atoms with van der Waals surface area (Å²) in [4.78, 5) is 15.4. The van der Waals surface area contributed by atoms with Gasteiger partial charge in [0.1, 0.15) is 5.69 Å². The number of benzene rings is 2. The molecule has 3 heterocycles. The molecule has 0 bridgehead atoms. The predicted molar refractivity (Wildman–Crippen MR) is 120 cm³/mol. The summed E-state index contributed by atoms with van der Waals surface area (Å²) in [6.07, 6.45) is 2.02. The summed E-state index contributed by atoms with van der Waals surface area (Å²) in [5.41, 5.74) is 5.33. The Morgan fingerprint density at radius 3 is 2.59 bits per heavy atom. The molecule has 166 valence electrons. The third-order valence-corrected chi connectivity index (χ3v) is 6.34. The molecule has 7 nitrogen and oxygen atoms in total. The largest absolute Gasteiger partial charge is 0.493 e. The highest BCUT2D eigenvalue weighted by atomic mass is 16.5. The number of aryl methyl sites for hydroxylation is 1. The number of nitrogens with one attached hydrogen (secondary N) is 1. The van der Waals surface area contributed by atoms with Gasteiger partial charge in [0, 0.05) is 24.3 Å². The Balaban J connectivity index is 1.63. The van der Waals surface area contributed by atoms with Gasteiger partial charge in [-0.1, -0.05) is 35.9 Å². The van der Waals surface area contributed by atoms with Crippen molar-refractivity contribution < 1.29 is 19.0 Å². The number of carbonyl (C=O) groups is 1. The average molecular weight is 434 g/mol. The number of aromatic amines is 1. The first-order valence-electron chi connectivity index (χ1n) is 10.9. The van der Waals surface area contributed by atoms with Gasteiger partial charge in [0.25, 0.3) is 5.91 Å². The Hall–Kier alpha value is -3.32. The van der Waals surface area contributed by atoms with Crippen LogP contribution in [-0.2, 0) is 4.74 Å². The van der Waals surface area contributed by atoms with E-state index in [9.17, 15) is 4.79 Å². The van der Waals surface area contributed by atoms with Crippen LogP contribution in [0.5, 0.6) is 11.5 Å². The van der Waals surface area contributed by atoms with E-state index < -0.39 is 0 Å². The zero-order valence-corrected chi connectivity index (χ0v) is 18.6. The number of ether oxygens (including phenoxy) is 3. The Morgan fingerprint density at radius 2 is 1.91 bits per heavy atom. The van der Waals surface area contributed by atoms with Crippen LogP contribution in [0.3, 0.4) is 0 Å². The molecular formula is C25H27N3O4. The second-order valence-electron chi connectivity index (χ2n) is 8.34. The molecule has 7 heteroatoms. The molecule has 0 aliphatic carbocycles. The smallest absolute Gasteiger partial charge is 0.273 e. The molecule has 0 saturated carbocycles. The standard InChI is InChI=1S/C25H27N3O4/c1-15-6-8-16(9-7-15)22-21-23(27-26-22)25(29)28(14-18-5-4-12-32-18)24(21)17-10-11-19(30-2)20(13-17)31-3/h6-11,13,18,24H,4-5,12,14H2,1-3H3,(H,26,27). The van der Waals surface area contributed by atoms with Crippen LogP contribution >= 0.6 is 0 Å². The van der Waals surface area contributed by atoms with Crippen molar-refractivity contribution in [1.82, 2.24) is 15.1 Å². The monoisotopic (exact) mass is 433 g/mol. The van der Waals surface area contributed by atoms with Gasteiger partial charge >= 0.3 is 0 Å². The molecule has 1 N–H and O–H groups in total. The number of nitrogens with zero attached hydrogens (tertiary/aromatic N) is 2. The first kappa shape index (κ1) is 20.6. The van der Waals surface area contributed by atoms with Gasteiger partial charge in [-0.05, 0) is 37.5 Å². The molecule has 2 aliphatic heterocycles. The lowest BCUT2D eigenvalue weighted by Crippen LogP contribution is -2.36. The number of hydrogen-bond acceptors (Lipinski definition) is 5. The number of methoxy groups -OCH3 is 2. The summed E-state index contributed by atoms with van der Waals surface area (Å²) in [5, 5.41) is 7.56. The molecule has 5 rings (SSSR count). The quantitative estimate of drug-likeness (QED) is 0.633. The van der Waals surface area contributed by atoms with E-state index in [1.165, 1.54) is 5.56 Å². The maximum atomic E-state index is 13.5. The van der Waals surface area contributed by atoms with E-state index in [1.807, 2.05) is 35.2 Å². The van der Waals surface area contributed by atoms with E-state index in [2.05, 4.69) is 29.3 Å². The predicted octanol–water partition coefficient (Wildman–Crippen LogP) is 4.13. The molecule has 0 radical (unpaired) electrons. The molecular weight excluding hydrogens is 406 g/mol. The van der Waals surface area contributed by atoms with E-state index >= 15 is 0 Å². The Labute approximate surface area is 187 Å². The van der Waals surface area contributed by atoms with Crippen molar-refractivity contribution in [1.29, 1.82) is 0 Å². The minimum atomic E-state index is -0.295. The van der Waals surface area contributed by atoms with Crippen LogP contribution in [0.25, 0.3) is 11.3 Å². The van der Waals surface area contributed by atoms with Crippen molar-refractivity contribution in [2.24, 2.45) is 0 Å². The lowest BCUT2D eigenvalue weighted by Gasteiger charge is -2.29. The van der Waals surface area contributed by atoms with E-state index in [0.29, 0.717) is 23.7 Å². The van der Waals surface area contributed by atoms with Gasteiger partial charge in [-0.15, -0.1) is 0 Å². The summed E-state index contributed by atoms with van der Waals surface area (Å²) in [7, 11) is 3.23. The molecule has 0 spiro atoms. The number of amides is 1. The second kappa shape index (κ2) is 8.31. The van der Waals surface area contributed by atoms with E-state index in [4.69, 9.17) is 14.2 Å². The highest BCUT2D eigenvalue weighted by Gasteiger charge is 2.43. The Morgan fingerprint density at radius 1 is 1.12 bits per heavy atom. The summed E-state index contributed by atoms with van der Waals surface area (Å²) >= 11 is 0. The number of rotatable bonds is 6. The molecule has 1 amide bonds. The van der Waals surface area contributed by atoms with E-state index in [1.54, 1.807) is 14.2 Å². The van der Waals surface area contributed by atoms with Crippen LogP contribution in [0.15, 0.2) is 42.5 Å². The minimum absolute atomic E-state index is 0.0429. The zero-order valence-electron chi connectivity index (χ0n) is 18.6. The normalized spacial score (nSPS) is 20.0. The number of carbonyl (C=O) groups excluding carboxylic acids is 1. The topological polar surface area (TPSA) is 76.7 Å². The second-order valence-corrected chi connectivity index (χ2v) is 8.34. The van der Waals surface area contributed by atoms with Crippen LogP contribution in [0.1, 0.15) is 46.1 Å². The van der Waals surface area contributed by atoms with Crippen molar-refractivity contribution in [3.05, 3.63) is 64.8 Å².